The molecule has 3 aliphatic carbocycles. The van der Waals surface area contributed by atoms with Crippen molar-refractivity contribution in [1.82, 2.24) is 9.80 Å². The van der Waals surface area contributed by atoms with Crippen LogP contribution >= 0.6 is 0 Å². The topological polar surface area (TPSA) is 168 Å². The highest BCUT2D eigenvalue weighted by Gasteiger charge is 2.64. The summed E-state index contributed by atoms with van der Waals surface area (Å²) in [7, 11) is 7.93. The lowest BCUT2D eigenvalue weighted by Crippen LogP contribution is -2.65. The molecular formula is C29H37F3N4O7. The summed E-state index contributed by atoms with van der Waals surface area (Å²) in [5.74, 6) is -7.55. The number of carbonyl (C=O) groups excluding carboxylic acids is 3. The number of hydrogen-bond acceptors (Lipinski definition) is 10. The molecule has 1 amide bonds. The van der Waals surface area contributed by atoms with Crippen molar-refractivity contribution in [2.45, 2.75) is 56.6 Å². The third kappa shape index (κ3) is 5.14. The van der Waals surface area contributed by atoms with E-state index >= 15 is 0 Å². The van der Waals surface area contributed by atoms with Gasteiger partial charge in [0, 0.05) is 49.4 Å². The second kappa shape index (κ2) is 10.8. The molecule has 3 aliphatic rings. The van der Waals surface area contributed by atoms with Gasteiger partial charge in [-0.25, -0.2) is 0 Å². The largest absolute Gasteiger partial charge is 0.508 e. The molecule has 1 aromatic rings. The van der Waals surface area contributed by atoms with E-state index in [1.807, 2.05) is 0 Å². The molecule has 1 unspecified atom stereocenters. The number of fused-ring (bicyclic) bond motifs is 3. The summed E-state index contributed by atoms with van der Waals surface area (Å²) in [5, 5.41) is 45.7. The lowest BCUT2D eigenvalue weighted by atomic mass is 9.57. The molecule has 0 saturated heterocycles. The number of halogens is 3. The lowest BCUT2D eigenvalue weighted by Gasteiger charge is -2.50. The number of Topliss-reactive ketones (excluding diaryl/α,β-unsaturated/α-hetero) is 2. The Morgan fingerprint density at radius 1 is 1.14 bits per heavy atom. The van der Waals surface area contributed by atoms with Crippen LogP contribution in [0.25, 0.3) is 5.76 Å². The molecule has 0 aromatic heterocycles. The number of benzene rings is 1. The summed E-state index contributed by atoms with van der Waals surface area (Å²) >= 11 is 0. The van der Waals surface area contributed by atoms with Crippen LogP contribution in [0.4, 0.5) is 18.9 Å². The van der Waals surface area contributed by atoms with Crippen LogP contribution in [-0.2, 0) is 27.3 Å². The highest BCUT2D eigenvalue weighted by atomic mass is 19.4. The zero-order chi connectivity index (χ0) is 32.5. The number of nitrogens with two attached hydrogens (primary N) is 1. The minimum Gasteiger partial charge on any atom is -0.508 e. The van der Waals surface area contributed by atoms with E-state index in [1.165, 1.54) is 37.9 Å². The zero-order valence-corrected chi connectivity index (χ0v) is 24.8. The summed E-state index contributed by atoms with van der Waals surface area (Å²) < 4.78 is 39.1. The van der Waals surface area contributed by atoms with Gasteiger partial charge in [0.25, 0.3) is 5.91 Å². The second-order valence-corrected chi connectivity index (χ2v) is 12.2. The summed E-state index contributed by atoms with van der Waals surface area (Å²) in [6.07, 6.45) is -5.45. The van der Waals surface area contributed by atoms with E-state index in [9.17, 15) is 48.0 Å². The van der Waals surface area contributed by atoms with Crippen LogP contribution in [0.2, 0.25) is 0 Å². The van der Waals surface area contributed by atoms with Crippen LogP contribution in [-0.4, -0.2) is 107 Å². The molecule has 0 heterocycles. The third-order valence-electron chi connectivity index (χ3n) is 8.96. The molecule has 0 radical (unpaired) electrons. The van der Waals surface area contributed by atoms with Crippen LogP contribution in [0, 0.1) is 11.8 Å². The average Bonchev–Trinajstić information content (AvgIpc) is 2.86. The number of hydrogen-bond donors (Lipinski definition) is 5. The van der Waals surface area contributed by atoms with E-state index < -0.39 is 82.4 Å². The maximum atomic E-state index is 14.1. The van der Waals surface area contributed by atoms with Gasteiger partial charge in [-0.3, -0.25) is 24.2 Å². The lowest BCUT2D eigenvalue weighted by molar-refractivity contribution is -0.153. The van der Waals surface area contributed by atoms with Crippen LogP contribution in [0.1, 0.15) is 36.5 Å². The van der Waals surface area contributed by atoms with Gasteiger partial charge in [0.05, 0.1) is 18.0 Å². The fraction of sp³-hybridized carbons (Fsp3) is 0.552. The Kier molecular flexibility index (Phi) is 8.13. The van der Waals surface area contributed by atoms with Gasteiger partial charge in [-0.2, -0.15) is 13.2 Å². The van der Waals surface area contributed by atoms with Crippen LogP contribution in [0.3, 0.4) is 0 Å². The number of likely N-dealkylation sites (N-methyl/N-ethyl adjacent to an activating group) is 1. The van der Waals surface area contributed by atoms with Gasteiger partial charge in [0.2, 0.25) is 5.78 Å². The molecule has 0 spiro atoms. The first-order valence-electron chi connectivity index (χ1n) is 13.7. The van der Waals surface area contributed by atoms with Crippen molar-refractivity contribution >= 4 is 28.9 Å². The number of amides is 1. The summed E-state index contributed by atoms with van der Waals surface area (Å²) in [6, 6.07) is -0.519. The van der Waals surface area contributed by atoms with Crippen LogP contribution < -0.4 is 10.6 Å². The molecule has 0 bridgehead atoms. The number of aliphatic hydroxyl groups excluding tert-OH is 2. The van der Waals surface area contributed by atoms with Crippen molar-refractivity contribution in [1.29, 1.82) is 0 Å². The second-order valence-electron chi connectivity index (χ2n) is 12.2. The maximum absolute atomic E-state index is 14.1. The number of primary amides is 1. The Bertz CT molecular complexity index is 1450. The number of phenolic OH excluding ortho intramolecular Hbond substituents is 1. The first-order valence-corrected chi connectivity index (χ1v) is 13.7. The molecular weight excluding hydrogens is 573 g/mol. The molecule has 5 atom stereocenters. The standard InChI is InChI=1S/C29H37F3N4O7/c1-12(10-28(30,31)32)36(6)11-14-9-17(34(2)3)15-7-13-8-16-21(35(4)5)24(39)20(27(33)42)26(41)29(16,43)25(40)18(13)23(38)19(15)22(14)37/h9,12-13,16,21,37-38,41,43H,7-8,10-11H2,1-6H3,(H2,33,42)/t12?,13-,16-,21+,29-/m0/s1. The minimum atomic E-state index is -4.40. The fourth-order valence-corrected chi connectivity index (χ4v) is 6.78. The van der Waals surface area contributed by atoms with Gasteiger partial charge in [0.1, 0.15) is 22.8 Å². The van der Waals surface area contributed by atoms with Crippen molar-refractivity contribution in [2.24, 2.45) is 17.6 Å². The van der Waals surface area contributed by atoms with Crippen molar-refractivity contribution < 1.29 is 48.0 Å². The summed E-state index contributed by atoms with van der Waals surface area (Å²) in [6.45, 7) is 1.27. The van der Waals surface area contributed by atoms with Crippen LogP contribution in [0.5, 0.6) is 5.75 Å². The number of alkyl halides is 3. The number of carbonyl (C=O) groups is 3. The van der Waals surface area contributed by atoms with E-state index in [0.29, 0.717) is 11.3 Å². The highest BCUT2D eigenvalue weighted by Crippen LogP contribution is 2.54. The van der Waals surface area contributed by atoms with Crippen molar-refractivity contribution in [3.8, 4) is 5.75 Å². The molecule has 11 nitrogen and oxygen atoms in total. The zero-order valence-electron chi connectivity index (χ0n) is 24.8. The molecule has 6 N–H and O–H groups in total. The Morgan fingerprint density at radius 2 is 1.74 bits per heavy atom. The van der Waals surface area contributed by atoms with Gasteiger partial charge in [-0.05, 0) is 58.5 Å². The molecule has 1 fully saturated rings. The monoisotopic (exact) mass is 610 g/mol. The van der Waals surface area contributed by atoms with E-state index in [4.69, 9.17) is 5.73 Å². The van der Waals surface area contributed by atoms with Crippen molar-refractivity contribution in [3.63, 3.8) is 0 Å². The molecule has 0 aliphatic heterocycles. The Labute approximate surface area is 246 Å². The number of aliphatic hydroxyl groups is 3. The first-order chi connectivity index (χ1) is 19.7. The number of rotatable bonds is 7. The summed E-state index contributed by atoms with van der Waals surface area (Å²) in [4.78, 5) is 44.0. The highest BCUT2D eigenvalue weighted by molar-refractivity contribution is 6.24. The Balaban J connectivity index is 1.90. The average molecular weight is 611 g/mol. The van der Waals surface area contributed by atoms with Crippen molar-refractivity contribution in [3.05, 3.63) is 39.7 Å². The van der Waals surface area contributed by atoms with E-state index in [2.05, 4.69) is 0 Å². The molecule has 1 aromatic carbocycles. The van der Waals surface area contributed by atoms with Gasteiger partial charge in [-0.1, -0.05) is 0 Å². The molecule has 43 heavy (non-hydrogen) atoms. The molecule has 4 rings (SSSR count). The first kappa shape index (κ1) is 32.3. The third-order valence-corrected chi connectivity index (χ3v) is 8.96. The summed E-state index contributed by atoms with van der Waals surface area (Å²) in [5.41, 5.74) is 2.46. The number of aromatic hydroxyl groups is 1. The quantitative estimate of drug-likeness (QED) is 0.287. The van der Waals surface area contributed by atoms with E-state index in [0.717, 1.165) is 0 Å². The van der Waals surface area contributed by atoms with E-state index in [1.54, 1.807) is 25.1 Å². The number of anilines is 1. The molecule has 14 heteroatoms. The molecule has 1 saturated carbocycles. The maximum Gasteiger partial charge on any atom is 0.390 e. The van der Waals surface area contributed by atoms with Crippen LogP contribution in [0.15, 0.2) is 23.0 Å². The number of phenols is 1. The smallest absolute Gasteiger partial charge is 0.390 e. The Morgan fingerprint density at radius 3 is 2.26 bits per heavy atom. The van der Waals surface area contributed by atoms with Gasteiger partial charge >= 0.3 is 6.18 Å². The Hall–Kier alpha value is -3.62. The number of ketones is 2. The fourth-order valence-electron chi connectivity index (χ4n) is 6.78. The van der Waals surface area contributed by atoms with Crippen molar-refractivity contribution in [2.75, 3.05) is 40.1 Å². The predicted octanol–water partition coefficient (Wildman–Crippen LogP) is 1.80. The normalized spacial score (nSPS) is 26.5. The number of nitrogens with zero attached hydrogens (tertiary/aromatic N) is 3. The molecule has 236 valence electrons. The van der Waals surface area contributed by atoms with Gasteiger partial charge in [0.15, 0.2) is 11.4 Å². The predicted molar refractivity (Wildman–Crippen MR) is 150 cm³/mol. The van der Waals surface area contributed by atoms with E-state index in [-0.39, 0.29) is 36.1 Å². The SMILES string of the molecule is CC(CC(F)(F)F)N(C)Cc1cc(N(C)C)c2c(c1O)C(O)=C1C(=O)[C@]3(O)C(O)=C(C(N)=O)C(=O)[C@H](N(C)C)[C@@H]3C[C@@H]1C2. The van der Waals surface area contributed by atoms with Gasteiger partial charge < -0.3 is 31.1 Å². The van der Waals surface area contributed by atoms with Gasteiger partial charge in [-0.15, -0.1) is 0 Å². The minimum absolute atomic E-state index is 0.0567.